The minimum Gasteiger partial charge on any atom is -0.493 e. The molecule has 2 heterocycles. The number of nitrogens with one attached hydrogen (secondary N) is 1. The summed E-state index contributed by atoms with van der Waals surface area (Å²) in [6, 6.07) is 12.9. The van der Waals surface area contributed by atoms with Gasteiger partial charge in [-0.25, -0.2) is 20.0 Å². The van der Waals surface area contributed by atoms with Gasteiger partial charge < -0.3 is 10.1 Å². The van der Waals surface area contributed by atoms with Gasteiger partial charge in [-0.05, 0) is 36.8 Å². The van der Waals surface area contributed by atoms with E-state index < -0.39 is 5.91 Å². The second-order valence-corrected chi connectivity index (χ2v) is 6.71. The van der Waals surface area contributed by atoms with E-state index in [9.17, 15) is 9.59 Å². The first-order chi connectivity index (χ1) is 15.7. The molecule has 0 saturated heterocycles. The van der Waals surface area contributed by atoms with Crippen LogP contribution in [0, 0.1) is 0 Å². The summed E-state index contributed by atoms with van der Waals surface area (Å²) in [7, 11) is 0. The monoisotopic (exact) mass is 425 g/mol. The van der Waals surface area contributed by atoms with Crippen molar-refractivity contribution in [3.05, 3.63) is 83.7 Å². The number of benzene rings is 2. The standard InChI is InChI=1S/C24H19N5O3/c30-22-8-3-4-13-32-18-10-11-21-19(14-18)24(28-16-27-21)29-20-7-2-1-6-17(20)15-26-23(31)9-5-12-25-22/h1-3,5-12,14-16H,4,13H2,(H,26,31)/b8-3-,9-5-,17-15-,25-12-,29-20-. The summed E-state index contributed by atoms with van der Waals surface area (Å²) < 4.78 is 5.80. The molecule has 158 valence electrons. The smallest absolute Gasteiger partial charge is 0.269 e. The predicted octanol–water partition coefficient (Wildman–Crippen LogP) is 1.93. The number of fused-ring (bicyclic) bond motifs is 2. The van der Waals surface area contributed by atoms with Crippen LogP contribution < -0.4 is 20.6 Å². The fourth-order valence-electron chi connectivity index (χ4n) is 2.94. The summed E-state index contributed by atoms with van der Waals surface area (Å²) >= 11 is 0. The maximum absolute atomic E-state index is 12.1. The molecule has 3 aromatic rings. The Morgan fingerprint density at radius 2 is 1.91 bits per heavy atom. The summed E-state index contributed by atoms with van der Waals surface area (Å²) in [5.74, 6) is 0.355. The highest BCUT2D eigenvalue weighted by Gasteiger charge is 2.05. The van der Waals surface area contributed by atoms with E-state index in [0.29, 0.717) is 35.2 Å². The Balaban J connectivity index is 1.80. The molecule has 32 heavy (non-hydrogen) atoms. The zero-order valence-corrected chi connectivity index (χ0v) is 17.0. The van der Waals surface area contributed by atoms with Crippen LogP contribution in [0.15, 0.2) is 83.1 Å². The number of hydrogen-bond acceptors (Lipinski definition) is 6. The van der Waals surface area contributed by atoms with Crippen LogP contribution in [-0.2, 0) is 9.59 Å². The molecule has 0 saturated carbocycles. The van der Waals surface area contributed by atoms with Crippen LogP contribution in [0.25, 0.3) is 17.1 Å². The molecule has 1 aliphatic heterocycles. The van der Waals surface area contributed by atoms with Gasteiger partial charge >= 0.3 is 0 Å². The van der Waals surface area contributed by atoms with Gasteiger partial charge in [-0.15, -0.1) is 0 Å². The van der Waals surface area contributed by atoms with Gasteiger partial charge in [0, 0.05) is 35.2 Å². The van der Waals surface area contributed by atoms with Crippen LogP contribution in [-0.4, -0.2) is 34.6 Å². The Bertz CT molecular complexity index is 1380. The van der Waals surface area contributed by atoms with Gasteiger partial charge in [0.2, 0.25) is 5.91 Å². The number of carbonyl (C=O) groups excluding carboxylic acids is 2. The van der Waals surface area contributed by atoms with Gasteiger partial charge in [0.25, 0.3) is 5.91 Å². The third-order valence-electron chi connectivity index (χ3n) is 4.47. The number of carbonyl (C=O) groups is 2. The second-order valence-electron chi connectivity index (χ2n) is 6.71. The van der Waals surface area contributed by atoms with E-state index in [2.05, 4.69) is 20.3 Å². The Kier molecular flexibility index (Phi) is 6.52. The zero-order chi connectivity index (χ0) is 22.2. The molecule has 1 N–H and O–H groups in total. The topological polar surface area (TPSA) is 106 Å². The fourth-order valence-corrected chi connectivity index (χ4v) is 2.94. The molecular formula is C24H19N5O3. The van der Waals surface area contributed by atoms with E-state index in [1.807, 2.05) is 42.5 Å². The van der Waals surface area contributed by atoms with Crippen molar-refractivity contribution >= 4 is 40.9 Å². The number of para-hydroxylation sites is 1. The van der Waals surface area contributed by atoms with Gasteiger partial charge in [-0.3, -0.25) is 9.59 Å². The van der Waals surface area contributed by atoms with Crippen molar-refractivity contribution < 1.29 is 14.3 Å². The van der Waals surface area contributed by atoms with Crippen molar-refractivity contribution in [2.75, 3.05) is 6.61 Å². The molecule has 4 rings (SSSR count). The molecule has 0 spiro atoms. The Labute approximate surface area is 183 Å². The summed E-state index contributed by atoms with van der Waals surface area (Å²) in [4.78, 5) is 40.9. The fraction of sp³-hybridized carbons (Fsp3) is 0.0833. The summed E-state index contributed by atoms with van der Waals surface area (Å²) in [6.07, 6.45) is 10.6. The molecule has 8 nitrogen and oxygen atoms in total. The predicted molar refractivity (Wildman–Crippen MR) is 121 cm³/mol. The average molecular weight is 425 g/mol. The van der Waals surface area contributed by atoms with E-state index in [1.165, 1.54) is 30.8 Å². The van der Waals surface area contributed by atoms with Crippen LogP contribution in [0.1, 0.15) is 6.42 Å². The molecule has 0 radical (unpaired) electrons. The summed E-state index contributed by atoms with van der Waals surface area (Å²) in [5, 5.41) is 4.76. The quantitative estimate of drug-likeness (QED) is 0.592. The number of aliphatic imine (C=N–C) groups is 1. The molecule has 0 aliphatic carbocycles. The molecule has 0 fully saturated rings. The van der Waals surface area contributed by atoms with Crippen molar-refractivity contribution in [1.29, 1.82) is 0 Å². The van der Waals surface area contributed by atoms with Crippen LogP contribution in [0.4, 0.5) is 5.82 Å². The van der Waals surface area contributed by atoms with Gasteiger partial charge in [0.05, 0.1) is 17.5 Å². The van der Waals surface area contributed by atoms with Crippen molar-refractivity contribution in [2.45, 2.75) is 6.42 Å². The summed E-state index contributed by atoms with van der Waals surface area (Å²) in [6.45, 7) is 0.386. The highest BCUT2D eigenvalue weighted by molar-refractivity contribution is 5.98. The first-order valence-electron chi connectivity index (χ1n) is 9.92. The molecular weight excluding hydrogens is 406 g/mol. The van der Waals surface area contributed by atoms with Crippen LogP contribution in [0.5, 0.6) is 5.75 Å². The SMILES string of the molecule is O=C1/C=C\CCOc2ccc3ncnc(c3c2)/N=c2/cccc/c2=C/NC(=O)/C=C\C=N/1. The second kappa shape index (κ2) is 10.0. The number of rotatable bonds is 0. The van der Waals surface area contributed by atoms with Gasteiger partial charge in [0.15, 0.2) is 5.82 Å². The van der Waals surface area contributed by atoms with Crippen molar-refractivity contribution in [1.82, 2.24) is 15.3 Å². The number of aromatic nitrogens is 2. The maximum atomic E-state index is 12.1. The lowest BCUT2D eigenvalue weighted by atomic mass is 10.2. The minimum atomic E-state index is -0.418. The van der Waals surface area contributed by atoms with Crippen LogP contribution in [0.2, 0.25) is 0 Å². The third kappa shape index (κ3) is 5.37. The molecule has 1 aromatic heterocycles. The molecule has 1 aliphatic rings. The van der Waals surface area contributed by atoms with Crippen molar-refractivity contribution in [3.8, 4) is 5.75 Å². The lowest BCUT2D eigenvalue weighted by Crippen LogP contribution is -2.28. The number of allylic oxidation sites excluding steroid dienone is 1. The molecule has 0 unspecified atom stereocenters. The lowest BCUT2D eigenvalue weighted by Gasteiger charge is -2.06. The lowest BCUT2D eigenvalue weighted by molar-refractivity contribution is -0.115. The number of ether oxygens (including phenoxy) is 1. The molecule has 0 atom stereocenters. The average Bonchev–Trinajstić information content (AvgIpc) is 2.81. The van der Waals surface area contributed by atoms with E-state index in [1.54, 1.807) is 12.3 Å². The van der Waals surface area contributed by atoms with Crippen molar-refractivity contribution in [2.24, 2.45) is 9.98 Å². The van der Waals surface area contributed by atoms with Gasteiger partial charge in [0.1, 0.15) is 12.1 Å². The third-order valence-corrected chi connectivity index (χ3v) is 4.47. The minimum absolute atomic E-state index is 0.363. The number of nitrogens with zero attached hydrogens (tertiary/aromatic N) is 4. The van der Waals surface area contributed by atoms with E-state index in [-0.39, 0.29) is 5.91 Å². The molecule has 8 heteroatoms. The first-order valence-corrected chi connectivity index (χ1v) is 9.92. The first kappa shape index (κ1) is 20.8. The van der Waals surface area contributed by atoms with Gasteiger partial charge in [-0.2, -0.15) is 0 Å². The van der Waals surface area contributed by atoms with Crippen LogP contribution in [0.3, 0.4) is 0 Å². The normalized spacial score (nSPS) is 19.9. The van der Waals surface area contributed by atoms with Crippen LogP contribution >= 0.6 is 0 Å². The zero-order valence-electron chi connectivity index (χ0n) is 17.0. The van der Waals surface area contributed by atoms with Crippen molar-refractivity contribution in [3.63, 3.8) is 0 Å². The molecule has 2 bridgehead atoms. The Hall–Kier alpha value is -4.46. The summed E-state index contributed by atoms with van der Waals surface area (Å²) in [5.41, 5.74) is 0.733. The van der Waals surface area contributed by atoms with E-state index in [4.69, 9.17) is 9.73 Å². The maximum Gasteiger partial charge on any atom is 0.269 e. The number of hydrogen-bond donors (Lipinski definition) is 1. The highest BCUT2D eigenvalue weighted by atomic mass is 16.5. The van der Waals surface area contributed by atoms with E-state index in [0.717, 1.165) is 10.9 Å². The van der Waals surface area contributed by atoms with E-state index >= 15 is 0 Å². The van der Waals surface area contributed by atoms with Gasteiger partial charge in [-0.1, -0.05) is 24.3 Å². The largest absolute Gasteiger partial charge is 0.493 e. The molecule has 2 amide bonds. The number of amides is 2. The Morgan fingerprint density at radius 1 is 1.00 bits per heavy atom. The highest BCUT2D eigenvalue weighted by Crippen LogP contribution is 2.25. The Morgan fingerprint density at radius 3 is 2.84 bits per heavy atom. The molecule has 2 aromatic carbocycles.